The van der Waals surface area contributed by atoms with Crippen molar-refractivity contribution >= 4 is 23.2 Å². The Hall–Kier alpha value is -1.42. The first-order valence-electron chi connectivity index (χ1n) is 3.69. The van der Waals surface area contributed by atoms with E-state index in [1.807, 2.05) is 0 Å². The highest BCUT2D eigenvalue weighted by Gasteiger charge is 2.05. The summed E-state index contributed by atoms with van der Waals surface area (Å²) in [6, 6.07) is 1.61. The molecule has 4 nitrogen and oxygen atoms in total. The second-order valence-corrected chi connectivity index (χ2v) is 3.01. The molecule has 2 rings (SSSR count). The molecule has 0 bridgehead atoms. The lowest BCUT2D eigenvalue weighted by Gasteiger charge is -1.96. The summed E-state index contributed by atoms with van der Waals surface area (Å²) in [6.07, 6.45) is 3.17. The molecule has 0 aromatic carbocycles. The molecular formula is C8H6ClN3O. The van der Waals surface area contributed by atoms with Crippen LogP contribution in [0.3, 0.4) is 0 Å². The summed E-state index contributed by atoms with van der Waals surface area (Å²) >= 11 is 5.78. The van der Waals surface area contributed by atoms with Gasteiger partial charge in [0, 0.05) is 13.1 Å². The molecule has 0 N–H and O–H groups in total. The van der Waals surface area contributed by atoms with Crippen LogP contribution in [0, 0.1) is 0 Å². The summed E-state index contributed by atoms with van der Waals surface area (Å²) < 4.78 is 1.61. The molecule has 0 atom stereocenters. The number of fused-ring (bicyclic) bond motifs is 1. The van der Waals surface area contributed by atoms with Gasteiger partial charge in [0.15, 0.2) is 5.78 Å². The maximum atomic E-state index is 11.0. The Morgan fingerprint density at radius 3 is 3.08 bits per heavy atom. The summed E-state index contributed by atoms with van der Waals surface area (Å²) in [4.78, 5) is 18.9. The van der Waals surface area contributed by atoms with Crippen molar-refractivity contribution in [2.75, 3.05) is 0 Å². The van der Waals surface area contributed by atoms with Crippen LogP contribution in [0.2, 0.25) is 5.15 Å². The molecule has 0 unspecified atom stereocenters. The molecule has 5 heteroatoms. The van der Waals surface area contributed by atoms with Gasteiger partial charge in [-0.2, -0.15) is 0 Å². The van der Waals surface area contributed by atoms with Crippen molar-refractivity contribution in [3.8, 4) is 0 Å². The Morgan fingerprint density at radius 2 is 2.38 bits per heavy atom. The van der Waals surface area contributed by atoms with E-state index in [1.54, 1.807) is 16.7 Å². The third-order valence-corrected chi connectivity index (χ3v) is 1.97. The lowest BCUT2D eigenvalue weighted by Crippen LogP contribution is -1.99. The fourth-order valence-corrected chi connectivity index (χ4v) is 1.22. The number of hydrogen-bond acceptors (Lipinski definition) is 3. The van der Waals surface area contributed by atoms with E-state index in [-0.39, 0.29) is 5.78 Å². The van der Waals surface area contributed by atoms with E-state index in [2.05, 4.69) is 9.97 Å². The number of Topliss-reactive ketones (excluding diaryl/α,β-unsaturated/α-hetero) is 1. The van der Waals surface area contributed by atoms with Crippen molar-refractivity contribution in [3.05, 3.63) is 29.3 Å². The van der Waals surface area contributed by atoms with E-state index in [0.717, 1.165) is 0 Å². The smallest absolute Gasteiger partial charge is 0.235 e. The predicted octanol–water partition coefficient (Wildman–Crippen LogP) is 1.59. The first-order chi connectivity index (χ1) is 6.18. The molecule has 0 amide bonds. The number of hydrogen-bond donors (Lipinski definition) is 0. The standard InChI is InChI=1S/C8H6ClN3O/c1-5(13)6-2-3-12-7(9)4-10-8(12)11-6/h2-4H,1H3. The van der Waals surface area contributed by atoms with Gasteiger partial charge in [0.05, 0.1) is 6.20 Å². The summed E-state index contributed by atoms with van der Waals surface area (Å²) in [5.41, 5.74) is 0.398. The molecule has 13 heavy (non-hydrogen) atoms. The molecule has 0 saturated carbocycles. The molecule has 2 heterocycles. The predicted molar refractivity (Wildman–Crippen MR) is 48.0 cm³/mol. The third kappa shape index (κ3) is 1.29. The lowest BCUT2D eigenvalue weighted by atomic mass is 10.3. The van der Waals surface area contributed by atoms with E-state index in [4.69, 9.17) is 11.6 Å². The number of ketones is 1. The second-order valence-electron chi connectivity index (χ2n) is 2.62. The van der Waals surface area contributed by atoms with Gasteiger partial charge >= 0.3 is 0 Å². The monoisotopic (exact) mass is 195 g/mol. The Bertz CT molecular complexity index is 477. The quantitative estimate of drug-likeness (QED) is 0.650. The number of rotatable bonds is 1. The Morgan fingerprint density at radius 1 is 1.62 bits per heavy atom. The van der Waals surface area contributed by atoms with Crippen LogP contribution < -0.4 is 0 Å². The number of nitrogens with zero attached hydrogens (tertiary/aromatic N) is 3. The van der Waals surface area contributed by atoms with E-state index in [1.165, 1.54) is 13.1 Å². The van der Waals surface area contributed by atoms with Gasteiger partial charge in [-0.05, 0) is 6.07 Å². The zero-order valence-corrected chi connectivity index (χ0v) is 7.62. The molecule has 0 saturated heterocycles. The maximum Gasteiger partial charge on any atom is 0.235 e. The zero-order chi connectivity index (χ0) is 9.42. The molecule has 0 aliphatic heterocycles. The van der Waals surface area contributed by atoms with Gasteiger partial charge in [-0.25, -0.2) is 9.97 Å². The van der Waals surface area contributed by atoms with E-state index in [0.29, 0.717) is 16.6 Å². The van der Waals surface area contributed by atoms with E-state index < -0.39 is 0 Å². The van der Waals surface area contributed by atoms with Crippen molar-refractivity contribution in [1.82, 2.24) is 14.4 Å². The van der Waals surface area contributed by atoms with E-state index >= 15 is 0 Å². The molecule has 2 aromatic rings. The van der Waals surface area contributed by atoms with Crippen molar-refractivity contribution in [1.29, 1.82) is 0 Å². The molecular weight excluding hydrogens is 190 g/mol. The van der Waals surface area contributed by atoms with Crippen LogP contribution in [0.15, 0.2) is 18.5 Å². The van der Waals surface area contributed by atoms with Gasteiger partial charge in [-0.1, -0.05) is 11.6 Å². The minimum absolute atomic E-state index is 0.0818. The van der Waals surface area contributed by atoms with E-state index in [9.17, 15) is 4.79 Å². The highest BCUT2D eigenvalue weighted by molar-refractivity contribution is 6.29. The van der Waals surface area contributed by atoms with Crippen molar-refractivity contribution in [2.45, 2.75) is 6.92 Å². The molecule has 0 aliphatic carbocycles. The molecule has 0 spiro atoms. The van der Waals surface area contributed by atoms with Crippen LogP contribution in [0.4, 0.5) is 0 Å². The van der Waals surface area contributed by atoms with Crippen LogP contribution in [0.5, 0.6) is 0 Å². The topological polar surface area (TPSA) is 47.3 Å². The summed E-state index contributed by atoms with van der Waals surface area (Å²) in [6.45, 7) is 1.46. The minimum atomic E-state index is -0.0818. The van der Waals surface area contributed by atoms with Crippen molar-refractivity contribution in [3.63, 3.8) is 0 Å². The average molecular weight is 196 g/mol. The van der Waals surface area contributed by atoms with Gasteiger partial charge in [0.1, 0.15) is 10.8 Å². The van der Waals surface area contributed by atoms with Crippen LogP contribution in [-0.2, 0) is 0 Å². The average Bonchev–Trinajstić information content (AvgIpc) is 2.47. The van der Waals surface area contributed by atoms with Gasteiger partial charge in [-0.3, -0.25) is 9.20 Å². The van der Waals surface area contributed by atoms with Crippen LogP contribution >= 0.6 is 11.6 Å². The third-order valence-electron chi connectivity index (χ3n) is 1.69. The second kappa shape index (κ2) is 2.81. The van der Waals surface area contributed by atoms with Gasteiger partial charge < -0.3 is 0 Å². The molecule has 0 aliphatic rings. The van der Waals surface area contributed by atoms with Crippen LogP contribution in [0.1, 0.15) is 17.4 Å². The number of halogens is 1. The summed E-state index contributed by atoms with van der Waals surface area (Å²) in [7, 11) is 0. The van der Waals surface area contributed by atoms with Gasteiger partial charge in [-0.15, -0.1) is 0 Å². The van der Waals surface area contributed by atoms with Crippen molar-refractivity contribution < 1.29 is 4.79 Å². The minimum Gasteiger partial charge on any atom is -0.293 e. The molecule has 0 radical (unpaired) electrons. The van der Waals surface area contributed by atoms with Crippen LogP contribution in [-0.4, -0.2) is 20.2 Å². The number of carbonyl (C=O) groups is 1. The van der Waals surface area contributed by atoms with Gasteiger partial charge in [0.2, 0.25) is 5.78 Å². The fourth-order valence-electron chi connectivity index (χ4n) is 1.04. The van der Waals surface area contributed by atoms with Gasteiger partial charge in [0.25, 0.3) is 0 Å². The molecule has 66 valence electrons. The Kier molecular flexibility index (Phi) is 1.77. The lowest BCUT2D eigenvalue weighted by molar-refractivity contribution is 0.101. The Balaban J connectivity index is 2.70. The normalized spacial score (nSPS) is 10.6. The number of carbonyl (C=O) groups excluding carboxylic acids is 1. The Labute approximate surface area is 79.2 Å². The zero-order valence-electron chi connectivity index (χ0n) is 6.86. The fraction of sp³-hybridized carbons (Fsp3) is 0.125. The first kappa shape index (κ1) is 8.19. The molecule has 2 aromatic heterocycles. The van der Waals surface area contributed by atoms with Crippen molar-refractivity contribution in [2.24, 2.45) is 0 Å². The highest BCUT2D eigenvalue weighted by atomic mass is 35.5. The highest BCUT2D eigenvalue weighted by Crippen LogP contribution is 2.10. The molecule has 0 fully saturated rings. The van der Waals surface area contributed by atoms with Crippen LogP contribution in [0.25, 0.3) is 5.78 Å². The maximum absolute atomic E-state index is 11.0. The number of aromatic nitrogens is 3. The number of imidazole rings is 1. The SMILES string of the molecule is CC(=O)c1ccn2c(Cl)cnc2n1. The summed E-state index contributed by atoms with van der Waals surface area (Å²) in [5.74, 6) is 0.360. The largest absolute Gasteiger partial charge is 0.293 e. The summed E-state index contributed by atoms with van der Waals surface area (Å²) in [5, 5.41) is 0.484. The first-order valence-corrected chi connectivity index (χ1v) is 4.07.